The molecule has 0 bridgehead atoms. The average molecular weight is 590 g/mol. The number of alkyl halides is 9. The van der Waals surface area contributed by atoms with Crippen LogP contribution in [0.3, 0.4) is 0 Å². The van der Waals surface area contributed by atoms with E-state index in [1.165, 1.54) is 20.8 Å². The van der Waals surface area contributed by atoms with Gasteiger partial charge in [-0.15, -0.1) is 0 Å². The van der Waals surface area contributed by atoms with E-state index in [0.29, 0.717) is 12.1 Å². The van der Waals surface area contributed by atoms with Gasteiger partial charge in [0.25, 0.3) is 0 Å². The molecule has 14 heteroatoms. The molecular weight excluding hydrogens is 569 g/mol. The maximum atomic E-state index is 13.4. The van der Waals surface area contributed by atoms with Gasteiger partial charge < -0.3 is 4.74 Å². The van der Waals surface area contributed by atoms with Crippen molar-refractivity contribution in [2.75, 3.05) is 0 Å². The van der Waals surface area contributed by atoms with Crippen LogP contribution in [0, 0.1) is 0 Å². The first-order valence-electron chi connectivity index (χ1n) is 11.3. The normalized spacial score (nSPS) is 18.8. The van der Waals surface area contributed by atoms with Crippen LogP contribution in [0.2, 0.25) is 5.02 Å². The number of ketones is 1. The van der Waals surface area contributed by atoms with E-state index in [1.54, 1.807) is 0 Å². The van der Waals surface area contributed by atoms with E-state index in [2.05, 4.69) is 0 Å². The number of ether oxygens (including phenoxy) is 1. The van der Waals surface area contributed by atoms with Gasteiger partial charge in [0.2, 0.25) is 0 Å². The number of amides is 1. The van der Waals surface area contributed by atoms with Crippen LogP contribution in [0.5, 0.6) is 0 Å². The zero-order chi connectivity index (χ0) is 29.7. The smallest absolute Gasteiger partial charge is 0.416 e. The number of rotatable bonds is 3. The first-order chi connectivity index (χ1) is 17.6. The SMILES string of the molecule is CC(C)(C)OC(=O)N1[C@H](C(=O)c2cc(C(F)(F)F)cc(C(F)(F)F)c2)CC[C@H]1c1cc(C(F)(F)F)ccc1Cl. The molecule has 0 unspecified atom stereocenters. The van der Waals surface area contributed by atoms with Crippen molar-refractivity contribution >= 4 is 23.5 Å². The van der Waals surface area contributed by atoms with Crippen molar-refractivity contribution in [2.24, 2.45) is 0 Å². The third-order valence-electron chi connectivity index (χ3n) is 5.85. The third-order valence-corrected chi connectivity index (χ3v) is 6.19. The largest absolute Gasteiger partial charge is 0.444 e. The lowest BCUT2D eigenvalue weighted by Gasteiger charge is -2.33. The molecule has 1 aliphatic rings. The highest BCUT2D eigenvalue weighted by Crippen LogP contribution is 2.44. The van der Waals surface area contributed by atoms with Crippen molar-refractivity contribution in [1.29, 1.82) is 0 Å². The number of halogens is 10. The average Bonchev–Trinajstić information content (AvgIpc) is 3.20. The lowest BCUT2D eigenvalue weighted by atomic mass is 9.97. The first-order valence-corrected chi connectivity index (χ1v) is 11.7. The Hall–Kier alpha value is -2.96. The number of hydrogen-bond donors (Lipinski definition) is 0. The molecule has 1 fully saturated rings. The van der Waals surface area contributed by atoms with Gasteiger partial charge in [-0.3, -0.25) is 9.69 Å². The fourth-order valence-corrected chi connectivity index (χ4v) is 4.45. The molecule has 2 aromatic carbocycles. The van der Waals surface area contributed by atoms with E-state index in [0.717, 1.165) is 11.0 Å². The van der Waals surface area contributed by atoms with E-state index in [1.807, 2.05) is 0 Å². The first kappa shape index (κ1) is 30.6. The fraction of sp³-hybridized carbons (Fsp3) is 0.440. The van der Waals surface area contributed by atoms with Crippen LogP contribution < -0.4 is 0 Å². The molecule has 1 saturated heterocycles. The van der Waals surface area contributed by atoms with E-state index in [9.17, 15) is 49.1 Å². The molecule has 2 aromatic rings. The number of carbonyl (C=O) groups excluding carboxylic acids is 2. The lowest BCUT2D eigenvalue weighted by molar-refractivity contribution is -0.143. The number of nitrogens with zero attached hydrogens (tertiary/aromatic N) is 1. The van der Waals surface area contributed by atoms with Gasteiger partial charge in [0.1, 0.15) is 5.60 Å². The molecule has 0 spiro atoms. The highest BCUT2D eigenvalue weighted by Gasteiger charge is 2.46. The summed E-state index contributed by atoms with van der Waals surface area (Å²) in [5.41, 5.74) is -6.96. The highest BCUT2D eigenvalue weighted by atomic mass is 35.5. The molecule has 0 aliphatic carbocycles. The summed E-state index contributed by atoms with van der Waals surface area (Å²) in [7, 11) is 0. The molecule has 1 amide bonds. The fourth-order valence-electron chi connectivity index (χ4n) is 4.21. The topological polar surface area (TPSA) is 46.6 Å². The maximum Gasteiger partial charge on any atom is 0.416 e. The quantitative estimate of drug-likeness (QED) is 0.266. The highest BCUT2D eigenvalue weighted by molar-refractivity contribution is 6.31. The standard InChI is InChI=1S/C25H21ClF9NO3/c1-22(2,3)39-21(38)36-18(16-11-13(23(27,28)29)4-5-17(16)26)6-7-19(36)20(37)12-8-14(24(30,31)32)10-15(9-12)25(33,34)35/h4-5,8-11,18-19H,6-7H2,1-3H3/t18-,19-/m0/s1. The van der Waals surface area contributed by atoms with Gasteiger partial charge in [-0.25, -0.2) is 4.79 Å². The van der Waals surface area contributed by atoms with Crippen LogP contribution in [-0.4, -0.2) is 28.4 Å². The molecular formula is C25H21ClF9NO3. The summed E-state index contributed by atoms with van der Waals surface area (Å²) < 4.78 is 126. The zero-order valence-corrected chi connectivity index (χ0v) is 21.2. The lowest BCUT2D eigenvalue weighted by Crippen LogP contribution is -2.44. The predicted molar refractivity (Wildman–Crippen MR) is 121 cm³/mol. The summed E-state index contributed by atoms with van der Waals surface area (Å²) in [6.45, 7) is 4.35. The van der Waals surface area contributed by atoms with Crippen LogP contribution in [0.4, 0.5) is 44.3 Å². The molecule has 0 radical (unpaired) electrons. The minimum atomic E-state index is -5.23. The maximum absolute atomic E-state index is 13.4. The van der Waals surface area contributed by atoms with Gasteiger partial charge in [0, 0.05) is 10.6 Å². The zero-order valence-electron chi connectivity index (χ0n) is 20.5. The van der Waals surface area contributed by atoms with Gasteiger partial charge in [-0.2, -0.15) is 39.5 Å². The summed E-state index contributed by atoms with van der Waals surface area (Å²) in [6, 6.07) is -0.333. The molecule has 4 nitrogen and oxygen atoms in total. The number of carbonyl (C=O) groups is 2. The Labute approximate surface area is 221 Å². The Morgan fingerprint density at radius 2 is 1.31 bits per heavy atom. The molecule has 1 aliphatic heterocycles. The third kappa shape index (κ3) is 6.98. The van der Waals surface area contributed by atoms with Crippen LogP contribution >= 0.6 is 11.6 Å². The Kier molecular flexibility index (Phi) is 8.01. The minimum Gasteiger partial charge on any atom is -0.444 e. The molecule has 39 heavy (non-hydrogen) atoms. The summed E-state index contributed by atoms with van der Waals surface area (Å²) >= 11 is 6.13. The molecule has 0 aromatic heterocycles. The minimum absolute atomic E-state index is 0.151. The predicted octanol–water partition coefficient (Wildman–Crippen LogP) is 8.72. The Morgan fingerprint density at radius 1 is 0.795 bits per heavy atom. The number of likely N-dealkylation sites (tertiary alicyclic amines) is 1. The molecule has 0 saturated carbocycles. The van der Waals surface area contributed by atoms with Gasteiger partial charge in [0.15, 0.2) is 5.78 Å². The van der Waals surface area contributed by atoms with Gasteiger partial charge in [-0.1, -0.05) is 11.6 Å². The van der Waals surface area contributed by atoms with Crippen molar-refractivity contribution in [3.8, 4) is 0 Å². The number of hydrogen-bond acceptors (Lipinski definition) is 3. The van der Waals surface area contributed by atoms with Gasteiger partial charge in [-0.05, 0) is 75.6 Å². The monoisotopic (exact) mass is 589 g/mol. The molecule has 2 atom stereocenters. The van der Waals surface area contributed by atoms with E-state index >= 15 is 0 Å². The second-order valence-corrected chi connectivity index (χ2v) is 10.3. The Morgan fingerprint density at radius 3 is 1.77 bits per heavy atom. The number of Topliss-reactive ketones (excluding diaryl/α,β-unsaturated/α-hetero) is 1. The molecule has 214 valence electrons. The Balaban J connectivity index is 2.14. The van der Waals surface area contributed by atoms with E-state index in [-0.39, 0.29) is 41.6 Å². The van der Waals surface area contributed by atoms with Crippen molar-refractivity contribution < 1.29 is 53.8 Å². The number of benzene rings is 2. The van der Waals surface area contributed by atoms with Crippen LogP contribution in [0.1, 0.15) is 72.3 Å². The van der Waals surface area contributed by atoms with Gasteiger partial charge >= 0.3 is 24.6 Å². The molecule has 3 rings (SSSR count). The Bertz CT molecular complexity index is 1230. The molecule has 0 N–H and O–H groups in total. The summed E-state index contributed by atoms with van der Waals surface area (Å²) in [5, 5.41) is -0.201. The van der Waals surface area contributed by atoms with Gasteiger partial charge in [0.05, 0.1) is 28.8 Å². The van der Waals surface area contributed by atoms with Crippen molar-refractivity contribution in [3.63, 3.8) is 0 Å². The summed E-state index contributed by atoms with van der Waals surface area (Å²) in [6.07, 6.45) is -16.9. The summed E-state index contributed by atoms with van der Waals surface area (Å²) in [4.78, 5) is 27.3. The van der Waals surface area contributed by atoms with Crippen molar-refractivity contribution in [2.45, 2.75) is 69.8 Å². The van der Waals surface area contributed by atoms with Crippen LogP contribution in [0.25, 0.3) is 0 Å². The van der Waals surface area contributed by atoms with Crippen molar-refractivity contribution in [1.82, 2.24) is 4.90 Å². The van der Waals surface area contributed by atoms with Crippen LogP contribution in [-0.2, 0) is 23.3 Å². The van der Waals surface area contributed by atoms with E-state index in [4.69, 9.17) is 16.3 Å². The second-order valence-electron chi connectivity index (χ2n) is 9.89. The molecule has 1 heterocycles. The summed E-state index contributed by atoms with van der Waals surface area (Å²) in [5.74, 6) is -1.27. The second kappa shape index (κ2) is 10.2. The van der Waals surface area contributed by atoms with Crippen LogP contribution in [0.15, 0.2) is 36.4 Å². The van der Waals surface area contributed by atoms with E-state index < -0.39 is 70.3 Å². The van der Waals surface area contributed by atoms with Crippen molar-refractivity contribution in [3.05, 3.63) is 69.2 Å².